The zero-order chi connectivity index (χ0) is 15.8. The summed E-state index contributed by atoms with van der Waals surface area (Å²) in [5.74, 6) is -0.898. The molecule has 0 heterocycles. The normalized spacial score (nSPS) is 11.6. The molecule has 114 valence electrons. The molecule has 1 amide bonds. The number of benzene rings is 1. The van der Waals surface area contributed by atoms with Crippen molar-refractivity contribution in [3.63, 3.8) is 0 Å². The van der Waals surface area contributed by atoms with E-state index in [-0.39, 0.29) is 31.1 Å². The number of carbonyl (C=O) groups is 3. The molecule has 0 aromatic heterocycles. The van der Waals surface area contributed by atoms with Gasteiger partial charge in [-0.1, -0.05) is 17.7 Å². The van der Waals surface area contributed by atoms with Gasteiger partial charge in [0.25, 0.3) is 5.91 Å². The van der Waals surface area contributed by atoms with Gasteiger partial charge in [-0.3, -0.25) is 4.79 Å². The third-order valence-corrected chi connectivity index (χ3v) is 2.98. The minimum atomic E-state index is -0.803. The first-order valence-electron chi connectivity index (χ1n) is 6.97. The number of ether oxygens (including phenoxy) is 1. The first kappa shape index (κ1) is 16.9. The number of ketones is 1. The lowest BCUT2D eigenvalue weighted by Gasteiger charge is -2.16. The van der Waals surface area contributed by atoms with Crippen molar-refractivity contribution in [2.45, 2.75) is 39.7 Å². The summed E-state index contributed by atoms with van der Waals surface area (Å²) >= 11 is 0. The molecule has 1 aromatic carbocycles. The van der Waals surface area contributed by atoms with Gasteiger partial charge in [-0.05, 0) is 39.3 Å². The van der Waals surface area contributed by atoms with Gasteiger partial charge in [-0.15, -0.1) is 0 Å². The van der Waals surface area contributed by atoms with Gasteiger partial charge in [0.15, 0.2) is 0 Å². The summed E-state index contributed by atoms with van der Waals surface area (Å²) in [6.45, 7) is 5.30. The molecule has 0 aliphatic heterocycles. The van der Waals surface area contributed by atoms with E-state index < -0.39 is 12.0 Å². The second-order valence-electron chi connectivity index (χ2n) is 4.88. The van der Waals surface area contributed by atoms with Crippen molar-refractivity contribution in [2.24, 2.45) is 0 Å². The van der Waals surface area contributed by atoms with Gasteiger partial charge in [0, 0.05) is 12.0 Å². The van der Waals surface area contributed by atoms with Crippen molar-refractivity contribution >= 4 is 17.7 Å². The Morgan fingerprint density at radius 1 is 1.19 bits per heavy atom. The molecule has 1 rings (SSSR count). The maximum atomic E-state index is 12.1. The summed E-state index contributed by atoms with van der Waals surface area (Å²) in [6.07, 6.45) is 0.462. The zero-order valence-corrected chi connectivity index (χ0v) is 12.6. The molecule has 0 aliphatic rings. The molecule has 21 heavy (non-hydrogen) atoms. The summed E-state index contributed by atoms with van der Waals surface area (Å²) < 4.78 is 4.93. The zero-order valence-electron chi connectivity index (χ0n) is 12.6. The molecule has 0 saturated carbocycles. The van der Waals surface area contributed by atoms with E-state index in [0.717, 1.165) is 5.56 Å². The first-order valence-corrected chi connectivity index (χ1v) is 6.97. The van der Waals surface area contributed by atoms with E-state index in [1.54, 1.807) is 19.1 Å². The van der Waals surface area contributed by atoms with E-state index in [1.807, 2.05) is 19.1 Å². The number of rotatable bonds is 7. The molecule has 1 atom stereocenters. The standard InChI is InChI=1S/C16H21NO4/c1-4-21-16(20)14(10-7-12(3)18)17-15(19)13-8-5-11(2)6-9-13/h5-6,8-9,14H,4,7,10H2,1-3H3,(H,17,19). The Morgan fingerprint density at radius 2 is 1.81 bits per heavy atom. The second-order valence-corrected chi connectivity index (χ2v) is 4.88. The first-order chi connectivity index (χ1) is 9.93. The van der Waals surface area contributed by atoms with Crippen LogP contribution < -0.4 is 5.32 Å². The van der Waals surface area contributed by atoms with Crippen LogP contribution in [0.15, 0.2) is 24.3 Å². The molecule has 0 bridgehead atoms. The Balaban J connectivity index is 2.74. The quantitative estimate of drug-likeness (QED) is 0.780. The Morgan fingerprint density at radius 3 is 2.33 bits per heavy atom. The van der Waals surface area contributed by atoms with Crippen LogP contribution in [0.2, 0.25) is 0 Å². The topological polar surface area (TPSA) is 72.5 Å². The van der Waals surface area contributed by atoms with Gasteiger partial charge in [-0.25, -0.2) is 4.79 Å². The predicted octanol–water partition coefficient (Wildman–Crippen LogP) is 2.03. The maximum absolute atomic E-state index is 12.1. The van der Waals surface area contributed by atoms with Crippen molar-refractivity contribution in [3.05, 3.63) is 35.4 Å². The minimum Gasteiger partial charge on any atom is -0.464 e. The largest absolute Gasteiger partial charge is 0.464 e. The number of hydrogen-bond donors (Lipinski definition) is 1. The lowest BCUT2D eigenvalue weighted by Crippen LogP contribution is -2.42. The number of amides is 1. The molecule has 1 unspecified atom stereocenters. The Kier molecular flexibility index (Phi) is 6.59. The highest BCUT2D eigenvalue weighted by atomic mass is 16.5. The lowest BCUT2D eigenvalue weighted by molar-refractivity contribution is -0.145. The molecule has 5 heteroatoms. The lowest BCUT2D eigenvalue weighted by atomic mass is 10.1. The van der Waals surface area contributed by atoms with Crippen LogP contribution >= 0.6 is 0 Å². The van der Waals surface area contributed by atoms with Crippen molar-refractivity contribution < 1.29 is 19.1 Å². The Bertz CT molecular complexity index is 508. The van der Waals surface area contributed by atoms with Gasteiger partial charge < -0.3 is 14.8 Å². The van der Waals surface area contributed by atoms with Crippen LogP contribution in [0.5, 0.6) is 0 Å². The number of esters is 1. The summed E-state index contributed by atoms with van der Waals surface area (Å²) in [5, 5.41) is 2.63. The highest BCUT2D eigenvalue weighted by Crippen LogP contribution is 2.06. The summed E-state index contributed by atoms with van der Waals surface area (Å²) in [6, 6.07) is 6.23. The van der Waals surface area contributed by atoms with Crippen molar-refractivity contribution in [1.29, 1.82) is 0 Å². The van der Waals surface area contributed by atoms with Crippen LogP contribution in [0, 0.1) is 6.92 Å². The number of hydrogen-bond acceptors (Lipinski definition) is 4. The van der Waals surface area contributed by atoms with Gasteiger partial charge in [0.05, 0.1) is 6.61 Å². The van der Waals surface area contributed by atoms with Crippen LogP contribution in [0.1, 0.15) is 42.6 Å². The average molecular weight is 291 g/mol. The van der Waals surface area contributed by atoms with Crippen LogP contribution in [-0.2, 0) is 14.3 Å². The van der Waals surface area contributed by atoms with Crippen molar-refractivity contribution in [3.8, 4) is 0 Å². The Labute approximate surface area is 124 Å². The van der Waals surface area contributed by atoms with Gasteiger partial charge >= 0.3 is 5.97 Å². The SMILES string of the molecule is CCOC(=O)C(CCC(C)=O)NC(=O)c1ccc(C)cc1. The molecular weight excluding hydrogens is 270 g/mol. The van der Waals surface area contributed by atoms with E-state index in [2.05, 4.69) is 5.32 Å². The fourth-order valence-corrected chi connectivity index (χ4v) is 1.79. The van der Waals surface area contributed by atoms with Crippen molar-refractivity contribution in [2.75, 3.05) is 6.61 Å². The van der Waals surface area contributed by atoms with E-state index in [9.17, 15) is 14.4 Å². The number of carbonyl (C=O) groups excluding carboxylic acids is 3. The van der Waals surface area contributed by atoms with E-state index in [1.165, 1.54) is 6.92 Å². The number of Topliss-reactive ketones (excluding diaryl/α,β-unsaturated/α-hetero) is 1. The fraction of sp³-hybridized carbons (Fsp3) is 0.438. The molecule has 0 saturated heterocycles. The highest BCUT2D eigenvalue weighted by molar-refractivity contribution is 5.96. The van der Waals surface area contributed by atoms with E-state index >= 15 is 0 Å². The van der Waals surface area contributed by atoms with Crippen molar-refractivity contribution in [1.82, 2.24) is 5.32 Å². The molecule has 0 aliphatic carbocycles. The second kappa shape index (κ2) is 8.19. The molecule has 1 aromatic rings. The molecule has 0 fully saturated rings. The summed E-state index contributed by atoms with van der Waals surface area (Å²) in [4.78, 5) is 35.0. The van der Waals surface area contributed by atoms with Crippen LogP contribution in [0.3, 0.4) is 0 Å². The summed E-state index contributed by atoms with van der Waals surface area (Å²) in [7, 11) is 0. The highest BCUT2D eigenvalue weighted by Gasteiger charge is 2.22. The van der Waals surface area contributed by atoms with Gasteiger partial charge in [0.1, 0.15) is 11.8 Å². The molecule has 5 nitrogen and oxygen atoms in total. The van der Waals surface area contributed by atoms with Gasteiger partial charge in [-0.2, -0.15) is 0 Å². The third-order valence-electron chi connectivity index (χ3n) is 2.98. The van der Waals surface area contributed by atoms with E-state index in [0.29, 0.717) is 5.56 Å². The molecule has 0 spiro atoms. The number of nitrogens with one attached hydrogen (secondary N) is 1. The monoisotopic (exact) mass is 291 g/mol. The third kappa shape index (κ3) is 5.77. The van der Waals surface area contributed by atoms with Crippen LogP contribution in [0.4, 0.5) is 0 Å². The van der Waals surface area contributed by atoms with Gasteiger partial charge in [0.2, 0.25) is 0 Å². The van der Waals surface area contributed by atoms with Crippen LogP contribution in [0.25, 0.3) is 0 Å². The van der Waals surface area contributed by atoms with E-state index in [4.69, 9.17) is 4.74 Å². The molecular formula is C16H21NO4. The maximum Gasteiger partial charge on any atom is 0.328 e. The molecule has 1 N–H and O–H groups in total. The van der Waals surface area contributed by atoms with Crippen LogP contribution in [-0.4, -0.2) is 30.3 Å². The smallest absolute Gasteiger partial charge is 0.328 e. The number of aryl methyl sites for hydroxylation is 1. The summed E-state index contributed by atoms with van der Waals surface area (Å²) in [5.41, 5.74) is 1.52. The predicted molar refractivity (Wildman–Crippen MR) is 79.0 cm³/mol. The fourth-order valence-electron chi connectivity index (χ4n) is 1.79. The average Bonchev–Trinajstić information content (AvgIpc) is 2.43. The molecule has 0 radical (unpaired) electrons. The minimum absolute atomic E-state index is 0.0334. The Hall–Kier alpha value is -2.17.